The van der Waals surface area contributed by atoms with Crippen LogP contribution in [-0.2, 0) is 11.3 Å². The van der Waals surface area contributed by atoms with Gasteiger partial charge in [-0.1, -0.05) is 18.5 Å². The van der Waals surface area contributed by atoms with E-state index >= 15 is 0 Å². The third-order valence-electron chi connectivity index (χ3n) is 3.48. The van der Waals surface area contributed by atoms with E-state index in [1.807, 2.05) is 0 Å². The van der Waals surface area contributed by atoms with Crippen LogP contribution in [0.15, 0.2) is 12.3 Å². The van der Waals surface area contributed by atoms with Crippen LogP contribution in [0.5, 0.6) is 0 Å². The van der Waals surface area contributed by atoms with Gasteiger partial charge in [0.25, 0.3) is 0 Å². The number of aromatic nitrogens is 1. The van der Waals surface area contributed by atoms with Gasteiger partial charge in [0.15, 0.2) is 0 Å². The molecule has 0 bridgehead atoms. The minimum Gasteiger partial charge on any atom is -0.379 e. The molecule has 0 radical (unpaired) electrons. The summed E-state index contributed by atoms with van der Waals surface area (Å²) in [6.07, 6.45) is 3.92. The van der Waals surface area contributed by atoms with Crippen molar-refractivity contribution in [3.8, 4) is 0 Å². The van der Waals surface area contributed by atoms with Crippen molar-refractivity contribution < 1.29 is 4.74 Å². The maximum absolute atomic E-state index is 6.19. The lowest BCUT2D eigenvalue weighted by Crippen LogP contribution is -2.32. The van der Waals surface area contributed by atoms with Crippen LogP contribution >= 0.6 is 11.6 Å². The number of nitrogens with one attached hydrogen (secondary N) is 1. The van der Waals surface area contributed by atoms with Gasteiger partial charge in [-0.3, -0.25) is 0 Å². The SMILES string of the molecule is CCCNCc1cc(N(C)C2CCOC2)ncc1Cl. The Kier molecular flexibility index (Phi) is 5.43. The lowest BCUT2D eigenvalue weighted by molar-refractivity contribution is 0.193. The number of hydrogen-bond donors (Lipinski definition) is 1. The summed E-state index contributed by atoms with van der Waals surface area (Å²) in [6.45, 7) is 5.57. The van der Waals surface area contributed by atoms with Gasteiger partial charge in [0.2, 0.25) is 0 Å². The van der Waals surface area contributed by atoms with E-state index in [9.17, 15) is 0 Å². The van der Waals surface area contributed by atoms with Crippen LogP contribution in [0.3, 0.4) is 0 Å². The van der Waals surface area contributed by atoms with Crippen molar-refractivity contribution in [1.29, 1.82) is 0 Å². The molecule has 19 heavy (non-hydrogen) atoms. The molecule has 0 saturated carbocycles. The Hall–Kier alpha value is -0.840. The molecule has 0 aliphatic carbocycles. The maximum Gasteiger partial charge on any atom is 0.128 e. The van der Waals surface area contributed by atoms with Crippen molar-refractivity contribution >= 4 is 17.4 Å². The quantitative estimate of drug-likeness (QED) is 0.814. The third kappa shape index (κ3) is 3.81. The number of anilines is 1. The summed E-state index contributed by atoms with van der Waals surface area (Å²) >= 11 is 6.19. The molecule has 5 heteroatoms. The predicted octanol–water partition coefficient (Wildman–Crippen LogP) is 2.46. The van der Waals surface area contributed by atoms with Crippen molar-refractivity contribution in [3.63, 3.8) is 0 Å². The first-order chi connectivity index (χ1) is 9.22. The molecule has 0 spiro atoms. The van der Waals surface area contributed by atoms with Crippen molar-refractivity contribution in [2.75, 3.05) is 31.7 Å². The van der Waals surface area contributed by atoms with Gasteiger partial charge in [0, 0.05) is 26.4 Å². The van der Waals surface area contributed by atoms with Crippen LogP contribution < -0.4 is 10.2 Å². The smallest absolute Gasteiger partial charge is 0.128 e. The van der Waals surface area contributed by atoms with Crippen LogP contribution in [0.1, 0.15) is 25.3 Å². The Balaban J connectivity index is 2.06. The van der Waals surface area contributed by atoms with Crippen molar-refractivity contribution in [3.05, 3.63) is 22.8 Å². The van der Waals surface area contributed by atoms with Gasteiger partial charge in [-0.15, -0.1) is 0 Å². The van der Waals surface area contributed by atoms with Gasteiger partial charge >= 0.3 is 0 Å². The number of halogens is 1. The molecular weight excluding hydrogens is 262 g/mol. The Morgan fingerprint density at radius 3 is 3.11 bits per heavy atom. The molecule has 2 heterocycles. The minimum atomic E-state index is 0.421. The summed E-state index contributed by atoms with van der Waals surface area (Å²) in [5.74, 6) is 0.966. The number of nitrogens with zero attached hydrogens (tertiary/aromatic N) is 2. The van der Waals surface area contributed by atoms with Crippen molar-refractivity contribution in [1.82, 2.24) is 10.3 Å². The second kappa shape index (κ2) is 7.08. The zero-order valence-corrected chi connectivity index (χ0v) is 12.4. The molecule has 1 aliphatic rings. The number of ether oxygens (including phenoxy) is 1. The highest BCUT2D eigenvalue weighted by atomic mass is 35.5. The summed E-state index contributed by atoms with van der Waals surface area (Å²) in [7, 11) is 2.07. The highest BCUT2D eigenvalue weighted by molar-refractivity contribution is 6.31. The summed E-state index contributed by atoms with van der Waals surface area (Å²) in [5.41, 5.74) is 1.10. The average Bonchev–Trinajstić information content (AvgIpc) is 2.94. The summed E-state index contributed by atoms with van der Waals surface area (Å²) in [5, 5.41) is 4.10. The number of hydrogen-bond acceptors (Lipinski definition) is 4. The second-order valence-corrected chi connectivity index (χ2v) is 5.35. The molecule has 1 aromatic heterocycles. The number of likely N-dealkylation sites (N-methyl/N-ethyl adjacent to an activating group) is 1. The molecule has 1 unspecified atom stereocenters. The molecule has 106 valence electrons. The monoisotopic (exact) mass is 283 g/mol. The first kappa shape index (κ1) is 14.6. The van der Waals surface area contributed by atoms with E-state index in [-0.39, 0.29) is 0 Å². The summed E-state index contributed by atoms with van der Waals surface area (Å²) in [4.78, 5) is 6.61. The van der Waals surface area contributed by atoms with Crippen molar-refractivity contribution in [2.24, 2.45) is 0 Å². The third-order valence-corrected chi connectivity index (χ3v) is 3.82. The Labute approximate surface area is 120 Å². The molecular formula is C14H22ClN3O. The lowest BCUT2D eigenvalue weighted by Gasteiger charge is -2.24. The molecule has 1 N–H and O–H groups in total. The van der Waals surface area contributed by atoms with E-state index in [1.54, 1.807) is 6.20 Å². The van der Waals surface area contributed by atoms with E-state index in [1.165, 1.54) is 0 Å². The first-order valence-electron chi connectivity index (χ1n) is 6.88. The van der Waals surface area contributed by atoms with E-state index in [2.05, 4.69) is 35.2 Å². The lowest BCUT2D eigenvalue weighted by atomic mass is 10.2. The fourth-order valence-electron chi connectivity index (χ4n) is 2.21. The molecule has 1 aromatic rings. The summed E-state index contributed by atoms with van der Waals surface area (Å²) < 4.78 is 5.43. The topological polar surface area (TPSA) is 37.4 Å². The average molecular weight is 284 g/mol. The zero-order chi connectivity index (χ0) is 13.7. The van der Waals surface area contributed by atoms with E-state index < -0.39 is 0 Å². The van der Waals surface area contributed by atoms with Crippen LogP contribution in [0.2, 0.25) is 5.02 Å². The molecule has 1 atom stereocenters. The second-order valence-electron chi connectivity index (χ2n) is 4.94. The number of rotatable bonds is 6. The highest BCUT2D eigenvalue weighted by Crippen LogP contribution is 2.23. The fraction of sp³-hybridized carbons (Fsp3) is 0.643. The fourth-order valence-corrected chi connectivity index (χ4v) is 2.38. The first-order valence-corrected chi connectivity index (χ1v) is 7.26. The van der Waals surface area contributed by atoms with Gasteiger partial charge in [-0.25, -0.2) is 4.98 Å². The van der Waals surface area contributed by atoms with Crippen LogP contribution in [0, 0.1) is 0 Å². The van der Waals surface area contributed by atoms with Gasteiger partial charge in [-0.05, 0) is 31.0 Å². The number of pyridine rings is 1. The minimum absolute atomic E-state index is 0.421. The standard InChI is InChI=1S/C14H22ClN3O/c1-3-5-16-8-11-7-14(17-9-13(11)15)18(2)12-4-6-19-10-12/h7,9,12,16H,3-6,8,10H2,1-2H3. The normalized spacial score (nSPS) is 18.8. The largest absolute Gasteiger partial charge is 0.379 e. The van der Waals surface area contributed by atoms with E-state index in [0.717, 1.165) is 55.5 Å². The molecule has 0 aromatic carbocycles. The summed E-state index contributed by atoms with van der Waals surface area (Å²) in [6, 6.07) is 2.49. The highest BCUT2D eigenvalue weighted by Gasteiger charge is 2.21. The van der Waals surface area contributed by atoms with Gasteiger partial charge in [0.1, 0.15) is 5.82 Å². The van der Waals surface area contributed by atoms with Gasteiger partial charge in [0.05, 0.1) is 17.7 Å². The molecule has 2 rings (SSSR count). The van der Waals surface area contributed by atoms with Crippen molar-refractivity contribution in [2.45, 2.75) is 32.4 Å². The predicted molar refractivity (Wildman–Crippen MR) is 78.9 cm³/mol. The Morgan fingerprint density at radius 2 is 2.42 bits per heavy atom. The van der Waals surface area contributed by atoms with Gasteiger partial charge < -0.3 is 15.0 Å². The zero-order valence-electron chi connectivity index (χ0n) is 11.7. The molecule has 0 amide bonds. The van der Waals surface area contributed by atoms with E-state index in [0.29, 0.717) is 6.04 Å². The van der Waals surface area contributed by atoms with E-state index in [4.69, 9.17) is 16.3 Å². The van der Waals surface area contributed by atoms with Crippen LogP contribution in [-0.4, -0.2) is 37.8 Å². The van der Waals surface area contributed by atoms with Crippen LogP contribution in [0.4, 0.5) is 5.82 Å². The van der Waals surface area contributed by atoms with Gasteiger partial charge in [-0.2, -0.15) is 0 Å². The molecule has 4 nitrogen and oxygen atoms in total. The van der Waals surface area contributed by atoms with Crippen LogP contribution in [0.25, 0.3) is 0 Å². The Morgan fingerprint density at radius 1 is 1.58 bits per heavy atom. The molecule has 1 aliphatic heterocycles. The molecule has 1 fully saturated rings. The molecule has 1 saturated heterocycles. The Bertz CT molecular complexity index is 408. The maximum atomic E-state index is 6.19.